The summed E-state index contributed by atoms with van der Waals surface area (Å²) in [6.07, 6.45) is 0.768. The van der Waals surface area contributed by atoms with Gasteiger partial charge in [0.25, 0.3) is 0 Å². The molecule has 10 nitrogen and oxygen atoms in total. The zero-order chi connectivity index (χ0) is 24.4. The lowest BCUT2D eigenvalue weighted by atomic mass is 9.90. The van der Waals surface area contributed by atoms with Crippen LogP contribution in [0.1, 0.15) is 19.0 Å². The van der Waals surface area contributed by atoms with Gasteiger partial charge in [0, 0.05) is 24.8 Å². The number of aromatic nitrogens is 4. The maximum absolute atomic E-state index is 13.5. The number of benzene rings is 1. The Morgan fingerprint density at radius 1 is 1.14 bits per heavy atom. The number of amides is 1. The van der Waals surface area contributed by atoms with Gasteiger partial charge in [-0.1, -0.05) is 0 Å². The summed E-state index contributed by atoms with van der Waals surface area (Å²) in [5.74, 6) is 0.0511. The first-order valence-corrected chi connectivity index (χ1v) is 11.3. The van der Waals surface area contributed by atoms with Gasteiger partial charge < -0.3 is 28.8 Å². The van der Waals surface area contributed by atoms with Crippen molar-refractivity contribution in [3.05, 3.63) is 48.2 Å². The molecule has 0 aliphatic carbocycles. The molecule has 5 rings (SSSR count). The monoisotopic (exact) mass is 483 g/mol. The molecule has 35 heavy (non-hydrogen) atoms. The van der Waals surface area contributed by atoms with Crippen molar-refractivity contribution in [2.24, 2.45) is 5.41 Å². The van der Waals surface area contributed by atoms with E-state index in [1.54, 1.807) is 29.3 Å². The third kappa shape index (κ3) is 4.75. The van der Waals surface area contributed by atoms with Crippen LogP contribution in [0.25, 0.3) is 22.6 Å². The number of nitrogens with one attached hydrogen (secondary N) is 1. The lowest BCUT2D eigenvalue weighted by molar-refractivity contribution is -0.235. The highest BCUT2D eigenvalue weighted by Crippen LogP contribution is 2.36. The molecular weight excluding hydrogens is 457 g/mol. The second-order valence-corrected chi connectivity index (χ2v) is 8.70. The number of methoxy groups -OCH3 is 1. The van der Waals surface area contributed by atoms with Crippen molar-refractivity contribution in [2.75, 3.05) is 46.6 Å². The average molecular weight is 484 g/mol. The molecule has 1 N–H and O–H groups in total. The van der Waals surface area contributed by atoms with Gasteiger partial charge in [-0.25, -0.2) is 14.4 Å². The number of morpholine rings is 1. The first-order chi connectivity index (χ1) is 17.0. The van der Waals surface area contributed by atoms with Crippen LogP contribution in [0.2, 0.25) is 0 Å². The molecule has 184 valence electrons. The number of hydrogen-bond acceptors (Lipinski definition) is 8. The van der Waals surface area contributed by atoms with E-state index < -0.39 is 11.7 Å². The fourth-order valence-corrected chi connectivity index (χ4v) is 4.12. The molecule has 0 saturated carbocycles. The van der Waals surface area contributed by atoms with E-state index in [9.17, 15) is 9.18 Å². The summed E-state index contributed by atoms with van der Waals surface area (Å²) in [6.45, 7) is 4.37. The second kappa shape index (κ2) is 9.68. The predicted octanol–water partition coefficient (Wildman–Crippen LogP) is 2.59. The van der Waals surface area contributed by atoms with Gasteiger partial charge in [-0.15, -0.1) is 0 Å². The number of ether oxygens (including phenoxy) is 4. The molecule has 2 fully saturated rings. The van der Waals surface area contributed by atoms with Crippen molar-refractivity contribution in [3.8, 4) is 28.7 Å². The highest BCUT2D eigenvalue weighted by molar-refractivity contribution is 5.83. The van der Waals surface area contributed by atoms with E-state index in [0.29, 0.717) is 54.8 Å². The molecule has 2 saturated heterocycles. The van der Waals surface area contributed by atoms with Crippen molar-refractivity contribution >= 4 is 5.91 Å². The number of carbonyl (C=O) groups excluding carboxylic acids is 1. The molecule has 0 unspecified atom stereocenters. The van der Waals surface area contributed by atoms with Gasteiger partial charge in [0.2, 0.25) is 12.2 Å². The second-order valence-electron chi connectivity index (χ2n) is 8.70. The highest BCUT2D eigenvalue weighted by Gasteiger charge is 2.43. The largest absolute Gasteiger partial charge is 0.467 e. The van der Waals surface area contributed by atoms with E-state index in [2.05, 4.69) is 15.0 Å². The molecule has 1 amide bonds. The molecule has 0 spiro atoms. The maximum atomic E-state index is 13.5. The van der Waals surface area contributed by atoms with Crippen molar-refractivity contribution in [1.82, 2.24) is 24.8 Å². The maximum Gasteiger partial charge on any atom is 0.316 e. The molecule has 2 aromatic heterocycles. The number of hydrogen-bond donors (Lipinski definition) is 1. The van der Waals surface area contributed by atoms with Crippen molar-refractivity contribution in [1.29, 1.82) is 0 Å². The van der Waals surface area contributed by atoms with Crippen LogP contribution >= 0.6 is 0 Å². The Hall–Kier alpha value is -3.41. The summed E-state index contributed by atoms with van der Waals surface area (Å²) in [7, 11) is 1.48. The minimum Gasteiger partial charge on any atom is -0.467 e. The molecular formula is C24H26FN5O5. The van der Waals surface area contributed by atoms with E-state index in [4.69, 9.17) is 23.9 Å². The van der Waals surface area contributed by atoms with Crippen LogP contribution in [0.4, 0.5) is 4.39 Å². The Labute approximate surface area is 201 Å². The Morgan fingerprint density at radius 2 is 1.86 bits per heavy atom. The van der Waals surface area contributed by atoms with Gasteiger partial charge in [-0.05, 0) is 37.3 Å². The van der Waals surface area contributed by atoms with E-state index in [1.165, 1.54) is 19.2 Å². The molecule has 3 aromatic rings. The SMILES string of the molecule is COc1nccc(-c2[nH]c(C3OCC(C)(C(=O)N4CCOCC4)CO3)nc2-c2ccc(F)cc2)n1. The molecule has 2 aliphatic heterocycles. The van der Waals surface area contributed by atoms with Gasteiger partial charge in [0.05, 0.1) is 56.0 Å². The normalized spacial score (nSPS) is 22.7. The van der Waals surface area contributed by atoms with Crippen molar-refractivity contribution in [3.63, 3.8) is 0 Å². The van der Waals surface area contributed by atoms with Crippen molar-refractivity contribution < 1.29 is 28.1 Å². The van der Waals surface area contributed by atoms with Gasteiger partial charge in [0.15, 0.2) is 5.82 Å². The van der Waals surface area contributed by atoms with Crippen LogP contribution in [-0.4, -0.2) is 77.4 Å². The minimum atomic E-state index is -0.808. The lowest BCUT2D eigenvalue weighted by Gasteiger charge is -2.39. The topological polar surface area (TPSA) is 112 Å². The number of rotatable bonds is 5. The van der Waals surface area contributed by atoms with E-state index >= 15 is 0 Å². The number of nitrogens with zero attached hydrogens (tertiary/aromatic N) is 4. The van der Waals surface area contributed by atoms with Crippen LogP contribution in [0, 0.1) is 11.2 Å². The van der Waals surface area contributed by atoms with Crippen LogP contribution in [0.5, 0.6) is 6.01 Å². The zero-order valence-electron chi connectivity index (χ0n) is 19.5. The highest BCUT2D eigenvalue weighted by atomic mass is 19.1. The fourth-order valence-electron chi connectivity index (χ4n) is 4.12. The summed E-state index contributed by atoms with van der Waals surface area (Å²) in [6, 6.07) is 7.92. The Balaban J connectivity index is 1.41. The summed E-state index contributed by atoms with van der Waals surface area (Å²) in [5, 5.41) is 0. The summed E-state index contributed by atoms with van der Waals surface area (Å²) < 4.78 is 36.0. The third-order valence-corrected chi connectivity index (χ3v) is 6.06. The molecule has 0 atom stereocenters. The fraction of sp³-hybridized carbons (Fsp3) is 0.417. The number of aromatic amines is 1. The van der Waals surface area contributed by atoms with Gasteiger partial charge in [0.1, 0.15) is 5.82 Å². The predicted molar refractivity (Wildman–Crippen MR) is 122 cm³/mol. The quantitative estimate of drug-likeness (QED) is 0.590. The molecule has 11 heteroatoms. The van der Waals surface area contributed by atoms with Gasteiger partial charge >= 0.3 is 6.01 Å². The molecule has 4 heterocycles. The van der Waals surface area contributed by atoms with Crippen LogP contribution in [0.3, 0.4) is 0 Å². The summed E-state index contributed by atoms with van der Waals surface area (Å²) >= 11 is 0. The smallest absolute Gasteiger partial charge is 0.316 e. The van der Waals surface area contributed by atoms with Crippen LogP contribution < -0.4 is 4.74 Å². The van der Waals surface area contributed by atoms with Crippen molar-refractivity contribution in [2.45, 2.75) is 13.2 Å². The Morgan fingerprint density at radius 3 is 2.54 bits per heavy atom. The Kier molecular flexibility index (Phi) is 6.46. The van der Waals surface area contributed by atoms with Gasteiger partial charge in [-0.3, -0.25) is 4.79 Å². The average Bonchev–Trinajstić information content (AvgIpc) is 3.35. The number of H-pyrrole nitrogens is 1. The van der Waals surface area contributed by atoms with Crippen LogP contribution in [-0.2, 0) is 19.0 Å². The van der Waals surface area contributed by atoms with Gasteiger partial charge in [-0.2, -0.15) is 4.98 Å². The summed E-state index contributed by atoms with van der Waals surface area (Å²) in [5.41, 5.74) is 1.55. The Bertz CT molecular complexity index is 1190. The number of imidazole rings is 1. The first kappa shape index (κ1) is 23.3. The first-order valence-electron chi connectivity index (χ1n) is 11.3. The van der Waals surface area contributed by atoms with E-state index in [-0.39, 0.29) is 30.9 Å². The lowest BCUT2D eigenvalue weighted by Crippen LogP contribution is -2.53. The number of halogens is 1. The number of carbonyl (C=O) groups is 1. The third-order valence-electron chi connectivity index (χ3n) is 6.06. The van der Waals surface area contributed by atoms with E-state index in [0.717, 1.165) is 0 Å². The summed E-state index contributed by atoms with van der Waals surface area (Å²) in [4.78, 5) is 31.3. The minimum absolute atomic E-state index is 0.0144. The zero-order valence-corrected chi connectivity index (χ0v) is 19.5. The van der Waals surface area contributed by atoms with Crippen LogP contribution in [0.15, 0.2) is 36.5 Å². The molecule has 0 radical (unpaired) electrons. The molecule has 1 aromatic carbocycles. The molecule has 0 bridgehead atoms. The standard InChI is InChI=1S/C24H26FN5O5/c1-24(22(31)30-9-11-33-12-10-30)13-34-21(35-14-24)20-28-18(15-3-5-16(25)6-4-15)19(29-20)17-7-8-26-23(27-17)32-2/h3-8,21H,9-14H2,1-2H3,(H,28,29). The molecule has 2 aliphatic rings. The van der Waals surface area contributed by atoms with E-state index in [1.807, 2.05) is 6.92 Å².